The molecule has 0 atom stereocenters. The Morgan fingerprint density at radius 3 is 2.78 bits per heavy atom. The SMILES string of the molecule is COCCn1c(=S)[nH]c(=O)c2c(C(=O)O)cc(-c3cccc(OC)c3)nc21. The average Bonchev–Trinajstić information content (AvgIpc) is 2.66. The number of aromatic amines is 1. The fourth-order valence-electron chi connectivity index (χ4n) is 2.76. The number of nitrogens with zero attached hydrogens (tertiary/aromatic N) is 2. The second kappa shape index (κ2) is 7.68. The molecule has 1 aromatic carbocycles. The van der Waals surface area contributed by atoms with Crippen LogP contribution in [0.25, 0.3) is 22.3 Å². The number of H-pyrrole nitrogens is 1. The molecular weight excluding hydrogens is 370 g/mol. The lowest BCUT2D eigenvalue weighted by Crippen LogP contribution is -2.20. The highest BCUT2D eigenvalue weighted by Crippen LogP contribution is 2.26. The van der Waals surface area contributed by atoms with E-state index in [1.54, 1.807) is 28.8 Å². The molecule has 9 heteroatoms. The molecule has 0 aliphatic rings. The second-order valence-electron chi connectivity index (χ2n) is 5.69. The molecule has 0 bridgehead atoms. The molecule has 2 heterocycles. The lowest BCUT2D eigenvalue weighted by molar-refractivity contribution is 0.0699. The van der Waals surface area contributed by atoms with Crippen molar-refractivity contribution in [2.45, 2.75) is 6.54 Å². The molecule has 0 unspecified atom stereocenters. The van der Waals surface area contributed by atoms with Gasteiger partial charge < -0.3 is 19.1 Å². The summed E-state index contributed by atoms with van der Waals surface area (Å²) >= 11 is 5.23. The zero-order chi connectivity index (χ0) is 19.6. The van der Waals surface area contributed by atoms with Crippen LogP contribution in [-0.2, 0) is 11.3 Å². The largest absolute Gasteiger partial charge is 0.497 e. The third kappa shape index (κ3) is 3.60. The maximum absolute atomic E-state index is 12.4. The molecule has 0 aliphatic heterocycles. The normalized spacial score (nSPS) is 10.9. The van der Waals surface area contributed by atoms with Crippen LogP contribution >= 0.6 is 12.2 Å². The predicted octanol–water partition coefficient (Wildman–Crippen LogP) is 2.47. The molecule has 0 aliphatic carbocycles. The van der Waals surface area contributed by atoms with E-state index in [0.717, 1.165) is 0 Å². The van der Waals surface area contributed by atoms with Gasteiger partial charge in [0.15, 0.2) is 4.77 Å². The zero-order valence-electron chi connectivity index (χ0n) is 14.7. The zero-order valence-corrected chi connectivity index (χ0v) is 15.5. The van der Waals surface area contributed by atoms with Gasteiger partial charge in [-0.1, -0.05) is 12.1 Å². The predicted molar refractivity (Wildman–Crippen MR) is 102 cm³/mol. The number of methoxy groups -OCH3 is 2. The molecule has 3 rings (SSSR count). The fraction of sp³-hybridized carbons (Fsp3) is 0.222. The fourth-order valence-corrected chi connectivity index (χ4v) is 3.03. The number of hydrogen-bond acceptors (Lipinski definition) is 6. The highest BCUT2D eigenvalue weighted by atomic mass is 32.1. The van der Waals surface area contributed by atoms with Gasteiger partial charge in [-0.25, -0.2) is 9.78 Å². The molecular formula is C18H17N3O5S. The first kappa shape index (κ1) is 18.7. The lowest BCUT2D eigenvalue weighted by Gasteiger charge is -2.13. The topological polar surface area (TPSA) is 106 Å². The molecule has 8 nitrogen and oxygen atoms in total. The number of carbonyl (C=O) groups is 1. The molecule has 0 radical (unpaired) electrons. The van der Waals surface area contributed by atoms with E-state index in [0.29, 0.717) is 30.2 Å². The number of fused-ring (bicyclic) bond motifs is 1. The van der Waals surface area contributed by atoms with Gasteiger partial charge in [0, 0.05) is 12.7 Å². The van der Waals surface area contributed by atoms with Crippen molar-refractivity contribution in [3.8, 4) is 17.0 Å². The lowest BCUT2D eigenvalue weighted by atomic mass is 10.1. The van der Waals surface area contributed by atoms with Crippen LogP contribution in [0.5, 0.6) is 5.75 Å². The number of aromatic carboxylic acids is 1. The van der Waals surface area contributed by atoms with Gasteiger partial charge in [-0.2, -0.15) is 0 Å². The van der Waals surface area contributed by atoms with Crippen molar-refractivity contribution in [3.63, 3.8) is 0 Å². The molecule has 0 saturated carbocycles. The number of nitrogens with one attached hydrogen (secondary N) is 1. The maximum Gasteiger partial charge on any atom is 0.336 e. The number of pyridine rings is 1. The Balaban J connectivity index is 2.39. The van der Waals surface area contributed by atoms with Gasteiger partial charge in [-0.15, -0.1) is 0 Å². The van der Waals surface area contributed by atoms with Crippen LogP contribution in [0.1, 0.15) is 10.4 Å². The standard InChI is InChI=1S/C18H17N3O5S/c1-25-7-6-21-15-14(16(22)20-18(21)27)12(17(23)24)9-13(19-15)10-4-3-5-11(8-10)26-2/h3-5,8-9H,6-7H2,1-2H3,(H,23,24)(H,20,22,27). The number of benzene rings is 1. The summed E-state index contributed by atoms with van der Waals surface area (Å²) in [6.07, 6.45) is 0. The summed E-state index contributed by atoms with van der Waals surface area (Å²) in [6.45, 7) is 0.638. The summed E-state index contributed by atoms with van der Waals surface area (Å²) in [5.74, 6) is -0.624. The third-order valence-electron chi connectivity index (χ3n) is 4.06. The molecule has 0 saturated heterocycles. The highest BCUT2D eigenvalue weighted by molar-refractivity contribution is 7.71. The summed E-state index contributed by atoms with van der Waals surface area (Å²) in [4.78, 5) is 31.3. The van der Waals surface area contributed by atoms with Crippen LogP contribution in [-0.4, -0.2) is 46.4 Å². The Labute approximate surface area is 159 Å². The Morgan fingerprint density at radius 1 is 1.33 bits per heavy atom. The van der Waals surface area contributed by atoms with Crippen molar-refractivity contribution in [2.24, 2.45) is 0 Å². The van der Waals surface area contributed by atoms with Gasteiger partial charge >= 0.3 is 5.97 Å². The summed E-state index contributed by atoms with van der Waals surface area (Å²) in [7, 11) is 3.08. The van der Waals surface area contributed by atoms with E-state index in [4.69, 9.17) is 21.7 Å². The second-order valence-corrected chi connectivity index (χ2v) is 6.08. The van der Waals surface area contributed by atoms with Crippen molar-refractivity contribution in [1.29, 1.82) is 0 Å². The number of aromatic nitrogens is 3. The summed E-state index contributed by atoms with van der Waals surface area (Å²) in [6, 6.07) is 8.44. The van der Waals surface area contributed by atoms with Gasteiger partial charge in [0.1, 0.15) is 11.4 Å². The highest BCUT2D eigenvalue weighted by Gasteiger charge is 2.19. The van der Waals surface area contributed by atoms with Crippen molar-refractivity contribution >= 4 is 29.2 Å². The minimum Gasteiger partial charge on any atom is -0.497 e. The number of ether oxygens (including phenoxy) is 2. The number of hydrogen-bond donors (Lipinski definition) is 2. The van der Waals surface area contributed by atoms with Crippen molar-refractivity contribution in [2.75, 3.05) is 20.8 Å². The Morgan fingerprint density at radius 2 is 2.11 bits per heavy atom. The molecule has 3 aromatic rings. The minimum atomic E-state index is -1.23. The third-order valence-corrected chi connectivity index (χ3v) is 4.39. The van der Waals surface area contributed by atoms with Gasteiger partial charge in [0.25, 0.3) is 5.56 Å². The van der Waals surface area contributed by atoms with Crippen molar-refractivity contribution in [3.05, 3.63) is 51.0 Å². The number of carboxylic acids is 1. The maximum atomic E-state index is 12.4. The summed E-state index contributed by atoms with van der Waals surface area (Å²) in [5.41, 5.74) is 0.498. The van der Waals surface area contributed by atoms with Gasteiger partial charge in [0.05, 0.1) is 36.9 Å². The van der Waals surface area contributed by atoms with Gasteiger partial charge in [0.2, 0.25) is 0 Å². The molecule has 2 aromatic heterocycles. The van der Waals surface area contributed by atoms with Crippen LogP contribution in [0.2, 0.25) is 0 Å². The van der Waals surface area contributed by atoms with Crippen LogP contribution in [0.15, 0.2) is 35.1 Å². The van der Waals surface area contributed by atoms with Crippen LogP contribution < -0.4 is 10.3 Å². The van der Waals surface area contributed by atoms with E-state index >= 15 is 0 Å². The average molecular weight is 387 g/mol. The van der Waals surface area contributed by atoms with Crippen LogP contribution in [0.3, 0.4) is 0 Å². The Kier molecular flexibility index (Phi) is 5.33. The summed E-state index contributed by atoms with van der Waals surface area (Å²) in [5, 5.41) is 9.62. The molecule has 2 N–H and O–H groups in total. The first-order valence-corrected chi connectivity index (χ1v) is 8.41. The summed E-state index contributed by atoms with van der Waals surface area (Å²) < 4.78 is 12.0. The smallest absolute Gasteiger partial charge is 0.336 e. The van der Waals surface area contributed by atoms with E-state index in [9.17, 15) is 14.7 Å². The monoisotopic (exact) mass is 387 g/mol. The van der Waals surface area contributed by atoms with Crippen LogP contribution in [0.4, 0.5) is 0 Å². The number of carboxylic acid groups (broad SMARTS) is 1. The first-order valence-electron chi connectivity index (χ1n) is 8.00. The molecule has 0 fully saturated rings. The molecule has 27 heavy (non-hydrogen) atoms. The Bertz CT molecular complexity index is 1140. The first-order chi connectivity index (χ1) is 13.0. The molecule has 0 spiro atoms. The van der Waals surface area contributed by atoms with Crippen molar-refractivity contribution in [1.82, 2.24) is 14.5 Å². The Hall–Kier alpha value is -3.04. The van der Waals surface area contributed by atoms with E-state index < -0.39 is 11.5 Å². The van der Waals surface area contributed by atoms with Crippen LogP contribution in [0, 0.1) is 4.77 Å². The van der Waals surface area contributed by atoms with E-state index in [2.05, 4.69) is 9.97 Å². The quantitative estimate of drug-likeness (QED) is 0.626. The number of rotatable bonds is 6. The van der Waals surface area contributed by atoms with Crippen molar-refractivity contribution < 1.29 is 19.4 Å². The molecule has 140 valence electrons. The van der Waals surface area contributed by atoms with Gasteiger partial charge in [-0.3, -0.25) is 9.78 Å². The van der Waals surface area contributed by atoms with E-state index in [1.807, 2.05) is 0 Å². The molecule has 0 amide bonds. The minimum absolute atomic E-state index is 0.0288. The van der Waals surface area contributed by atoms with E-state index in [1.165, 1.54) is 20.3 Å². The van der Waals surface area contributed by atoms with Gasteiger partial charge in [-0.05, 0) is 30.4 Å². The van der Waals surface area contributed by atoms with E-state index in [-0.39, 0.29) is 21.4 Å².